The van der Waals surface area contributed by atoms with E-state index in [2.05, 4.69) is 5.32 Å². The standard InChI is InChI=1S/C26H26FN3O4S/c1-17-4-2-3-5-21(17)24(32)29-13-10-19(11-14-29)23(31)28-12-15-30-25(33)22(35-26(30)34)16-18-6-8-20(27)9-7-18/h2-9,16,19H,10-15H2,1H3,(H,28,31)/b22-16+. The van der Waals surface area contributed by atoms with E-state index in [9.17, 15) is 23.6 Å². The average Bonchev–Trinajstić information content (AvgIpc) is 3.12. The van der Waals surface area contributed by atoms with Gasteiger partial charge in [0.2, 0.25) is 5.91 Å². The van der Waals surface area contributed by atoms with Gasteiger partial charge in [-0.05, 0) is 66.9 Å². The number of piperidine rings is 1. The largest absolute Gasteiger partial charge is 0.354 e. The number of nitrogens with one attached hydrogen (secondary N) is 1. The van der Waals surface area contributed by atoms with Gasteiger partial charge in [0.25, 0.3) is 17.1 Å². The Kier molecular flexibility index (Phi) is 7.65. The van der Waals surface area contributed by atoms with Gasteiger partial charge in [-0.3, -0.25) is 24.1 Å². The third-order valence-electron chi connectivity index (χ3n) is 6.20. The van der Waals surface area contributed by atoms with Crippen LogP contribution < -0.4 is 5.32 Å². The van der Waals surface area contributed by atoms with E-state index in [0.717, 1.165) is 22.2 Å². The van der Waals surface area contributed by atoms with Crippen LogP contribution in [0.25, 0.3) is 6.08 Å². The van der Waals surface area contributed by atoms with Crippen molar-refractivity contribution < 1.29 is 23.6 Å². The summed E-state index contributed by atoms with van der Waals surface area (Å²) in [5, 5.41) is 2.41. The molecule has 2 aliphatic heterocycles. The van der Waals surface area contributed by atoms with Crippen LogP contribution in [-0.2, 0) is 9.59 Å². The van der Waals surface area contributed by atoms with Crippen molar-refractivity contribution in [3.05, 3.63) is 75.9 Å². The van der Waals surface area contributed by atoms with Gasteiger partial charge in [-0.1, -0.05) is 30.3 Å². The molecular formula is C26H26FN3O4S. The number of carbonyl (C=O) groups is 4. The number of imide groups is 1. The topological polar surface area (TPSA) is 86.8 Å². The zero-order valence-electron chi connectivity index (χ0n) is 19.3. The van der Waals surface area contributed by atoms with Gasteiger partial charge in [-0.2, -0.15) is 0 Å². The monoisotopic (exact) mass is 495 g/mol. The van der Waals surface area contributed by atoms with Gasteiger partial charge < -0.3 is 10.2 Å². The Balaban J connectivity index is 1.24. The van der Waals surface area contributed by atoms with Crippen molar-refractivity contribution in [1.29, 1.82) is 0 Å². The van der Waals surface area contributed by atoms with E-state index in [1.165, 1.54) is 24.3 Å². The molecule has 2 fully saturated rings. The van der Waals surface area contributed by atoms with E-state index < -0.39 is 11.1 Å². The molecule has 7 nitrogen and oxygen atoms in total. The van der Waals surface area contributed by atoms with E-state index in [0.29, 0.717) is 37.1 Å². The SMILES string of the molecule is Cc1ccccc1C(=O)N1CCC(C(=O)NCCN2C(=O)S/C(=C/c3ccc(F)cc3)C2=O)CC1. The second-order valence-electron chi connectivity index (χ2n) is 8.56. The lowest BCUT2D eigenvalue weighted by molar-refractivity contribution is -0.127. The van der Waals surface area contributed by atoms with Crippen LogP contribution >= 0.6 is 11.8 Å². The first-order chi connectivity index (χ1) is 16.8. The zero-order valence-corrected chi connectivity index (χ0v) is 20.1. The van der Waals surface area contributed by atoms with Crippen molar-refractivity contribution >= 4 is 40.8 Å². The number of hydrogen-bond acceptors (Lipinski definition) is 5. The Hall–Kier alpha value is -3.46. The highest BCUT2D eigenvalue weighted by Crippen LogP contribution is 2.32. The number of aryl methyl sites for hydroxylation is 1. The predicted molar refractivity (Wildman–Crippen MR) is 132 cm³/mol. The maximum atomic E-state index is 13.1. The van der Waals surface area contributed by atoms with Crippen molar-refractivity contribution in [2.24, 2.45) is 5.92 Å². The summed E-state index contributed by atoms with van der Waals surface area (Å²) in [7, 11) is 0. The number of halogens is 1. The molecule has 0 radical (unpaired) electrons. The fourth-order valence-corrected chi connectivity index (χ4v) is 5.03. The summed E-state index contributed by atoms with van der Waals surface area (Å²) in [5.41, 5.74) is 2.23. The molecular weight excluding hydrogens is 469 g/mol. The number of amides is 4. The molecule has 4 amide bonds. The van der Waals surface area contributed by atoms with Crippen LogP contribution in [0.1, 0.15) is 34.3 Å². The molecule has 0 saturated carbocycles. The number of benzene rings is 2. The van der Waals surface area contributed by atoms with Crippen molar-refractivity contribution in [3.8, 4) is 0 Å². The molecule has 9 heteroatoms. The third kappa shape index (κ3) is 5.79. The Morgan fingerprint density at radius 3 is 2.46 bits per heavy atom. The first-order valence-electron chi connectivity index (χ1n) is 11.5. The fraction of sp³-hybridized carbons (Fsp3) is 0.308. The normalized spacial score (nSPS) is 17.8. The van der Waals surface area contributed by atoms with Crippen molar-refractivity contribution in [3.63, 3.8) is 0 Å². The smallest absolute Gasteiger partial charge is 0.293 e. The van der Waals surface area contributed by atoms with Crippen LogP contribution in [0.4, 0.5) is 9.18 Å². The maximum Gasteiger partial charge on any atom is 0.293 e. The molecule has 0 spiro atoms. The van der Waals surface area contributed by atoms with E-state index in [1.54, 1.807) is 11.0 Å². The lowest BCUT2D eigenvalue weighted by Gasteiger charge is -2.31. The lowest BCUT2D eigenvalue weighted by atomic mass is 9.95. The highest BCUT2D eigenvalue weighted by molar-refractivity contribution is 8.18. The molecule has 4 rings (SSSR count). The number of likely N-dealkylation sites (tertiary alicyclic amines) is 1. The summed E-state index contributed by atoms with van der Waals surface area (Å²) < 4.78 is 13.1. The molecule has 0 atom stereocenters. The van der Waals surface area contributed by atoms with Crippen LogP contribution in [0.5, 0.6) is 0 Å². The summed E-state index contributed by atoms with van der Waals surface area (Å²) >= 11 is 0.824. The van der Waals surface area contributed by atoms with Crippen LogP contribution in [0, 0.1) is 18.7 Å². The highest BCUT2D eigenvalue weighted by atomic mass is 32.2. The van der Waals surface area contributed by atoms with Crippen molar-refractivity contribution in [2.75, 3.05) is 26.2 Å². The fourth-order valence-electron chi connectivity index (χ4n) is 4.17. The molecule has 35 heavy (non-hydrogen) atoms. The minimum absolute atomic E-state index is 0.0185. The van der Waals surface area contributed by atoms with Crippen LogP contribution in [0.15, 0.2) is 53.4 Å². The second-order valence-corrected chi connectivity index (χ2v) is 9.55. The van der Waals surface area contributed by atoms with Gasteiger partial charge >= 0.3 is 0 Å². The highest BCUT2D eigenvalue weighted by Gasteiger charge is 2.35. The quantitative estimate of drug-likeness (QED) is 0.616. The molecule has 1 N–H and O–H groups in total. The predicted octanol–water partition coefficient (Wildman–Crippen LogP) is 3.84. The van der Waals surface area contributed by atoms with Crippen LogP contribution in [0.3, 0.4) is 0 Å². The maximum absolute atomic E-state index is 13.1. The molecule has 0 bridgehead atoms. The van der Waals surface area contributed by atoms with Crippen LogP contribution in [0.2, 0.25) is 0 Å². The van der Waals surface area contributed by atoms with Gasteiger partial charge in [0.05, 0.1) is 4.91 Å². The van der Waals surface area contributed by atoms with Gasteiger partial charge in [0.15, 0.2) is 0 Å². The number of thioether (sulfide) groups is 1. The Bertz CT molecular complexity index is 1170. The van der Waals surface area contributed by atoms with Crippen molar-refractivity contribution in [1.82, 2.24) is 15.1 Å². The average molecular weight is 496 g/mol. The number of carbonyl (C=O) groups excluding carboxylic acids is 4. The summed E-state index contributed by atoms with van der Waals surface area (Å²) in [6.45, 7) is 3.14. The molecule has 2 aromatic carbocycles. The number of rotatable bonds is 6. The molecule has 0 unspecified atom stereocenters. The van der Waals surface area contributed by atoms with Gasteiger partial charge in [-0.15, -0.1) is 0 Å². The van der Waals surface area contributed by atoms with E-state index >= 15 is 0 Å². The Morgan fingerprint density at radius 1 is 1.09 bits per heavy atom. The molecule has 182 valence electrons. The first kappa shape index (κ1) is 24.7. The van der Waals surface area contributed by atoms with Gasteiger partial charge in [-0.25, -0.2) is 4.39 Å². The summed E-state index contributed by atoms with van der Waals surface area (Å²) in [6, 6.07) is 13.1. The molecule has 2 aliphatic rings. The zero-order chi connectivity index (χ0) is 24.9. The van der Waals surface area contributed by atoms with E-state index in [1.807, 2.05) is 31.2 Å². The minimum atomic E-state index is -0.429. The molecule has 2 saturated heterocycles. The van der Waals surface area contributed by atoms with Crippen molar-refractivity contribution in [2.45, 2.75) is 19.8 Å². The summed E-state index contributed by atoms with van der Waals surface area (Å²) in [5.74, 6) is -1.18. The lowest BCUT2D eigenvalue weighted by Crippen LogP contribution is -2.44. The van der Waals surface area contributed by atoms with Gasteiger partial charge in [0, 0.05) is 37.7 Å². The minimum Gasteiger partial charge on any atom is -0.354 e. The summed E-state index contributed by atoms with van der Waals surface area (Å²) in [4.78, 5) is 53.4. The van der Waals surface area contributed by atoms with Crippen LogP contribution in [-0.4, -0.2) is 58.9 Å². The van der Waals surface area contributed by atoms with Gasteiger partial charge in [0.1, 0.15) is 5.82 Å². The number of nitrogens with zero attached hydrogens (tertiary/aromatic N) is 2. The summed E-state index contributed by atoms with van der Waals surface area (Å²) in [6.07, 6.45) is 2.67. The molecule has 2 aromatic rings. The Morgan fingerprint density at radius 2 is 1.77 bits per heavy atom. The molecule has 2 heterocycles. The first-order valence-corrected chi connectivity index (χ1v) is 12.3. The van der Waals surface area contributed by atoms with E-state index in [4.69, 9.17) is 0 Å². The van der Waals surface area contributed by atoms with E-state index in [-0.39, 0.29) is 41.5 Å². The molecule has 0 aromatic heterocycles. The number of hydrogen-bond donors (Lipinski definition) is 1. The molecule has 0 aliphatic carbocycles. The Labute approximate surface area is 207 Å². The third-order valence-corrected chi connectivity index (χ3v) is 7.11. The second kappa shape index (κ2) is 10.9.